The molecule has 1 aromatic heterocycles. The lowest BCUT2D eigenvalue weighted by atomic mass is 10.0. The van der Waals surface area contributed by atoms with Crippen LogP contribution in [0.4, 0.5) is 0 Å². The molecule has 2 heterocycles. The number of aryl methyl sites for hydroxylation is 1. The van der Waals surface area contributed by atoms with E-state index in [4.69, 9.17) is 0 Å². The van der Waals surface area contributed by atoms with Crippen LogP contribution < -0.4 is 5.56 Å². The third-order valence-electron chi connectivity index (χ3n) is 5.07. The number of likely N-dealkylation sites (N-methyl/N-ethyl adjacent to an activating group) is 1. The van der Waals surface area contributed by atoms with E-state index in [0.717, 1.165) is 38.9 Å². The lowest BCUT2D eigenvalue weighted by Crippen LogP contribution is -2.49. The second-order valence-electron chi connectivity index (χ2n) is 6.96. The minimum absolute atomic E-state index is 0.111. The minimum Gasteiger partial charge on any atom is -0.337 e. The molecule has 138 valence electrons. The van der Waals surface area contributed by atoms with Gasteiger partial charge in [-0.25, -0.2) is 4.98 Å². The standard InChI is InChI=1S/C20H26N4O2/c1-15-21-13-18(19(25)22-15)20(26)23(2)17-9-6-11-24(14-17)12-10-16-7-4-3-5-8-16/h3-5,7-8,13,17H,6,9-12,14H2,1-2H3,(H,21,22,25)/t17-/m1/s1. The average molecular weight is 354 g/mol. The molecule has 26 heavy (non-hydrogen) atoms. The molecule has 1 atom stereocenters. The van der Waals surface area contributed by atoms with E-state index in [1.165, 1.54) is 11.8 Å². The zero-order chi connectivity index (χ0) is 18.5. The Morgan fingerprint density at radius 3 is 2.85 bits per heavy atom. The summed E-state index contributed by atoms with van der Waals surface area (Å²) in [6, 6.07) is 10.6. The average Bonchev–Trinajstić information content (AvgIpc) is 2.66. The van der Waals surface area contributed by atoms with Crippen LogP contribution in [-0.2, 0) is 6.42 Å². The summed E-state index contributed by atoms with van der Waals surface area (Å²) in [5, 5.41) is 0. The minimum atomic E-state index is -0.369. The van der Waals surface area contributed by atoms with Gasteiger partial charge in [-0.3, -0.25) is 9.59 Å². The number of nitrogens with zero attached hydrogens (tertiary/aromatic N) is 3. The van der Waals surface area contributed by atoms with Crippen molar-refractivity contribution in [2.75, 3.05) is 26.7 Å². The molecular formula is C20H26N4O2. The third-order valence-corrected chi connectivity index (χ3v) is 5.07. The molecule has 0 spiro atoms. The van der Waals surface area contributed by atoms with Gasteiger partial charge in [-0.05, 0) is 38.3 Å². The van der Waals surface area contributed by atoms with Crippen molar-refractivity contribution >= 4 is 5.91 Å². The van der Waals surface area contributed by atoms with Crippen molar-refractivity contribution < 1.29 is 4.79 Å². The molecule has 0 radical (unpaired) electrons. The molecule has 0 aliphatic carbocycles. The second-order valence-corrected chi connectivity index (χ2v) is 6.96. The highest BCUT2D eigenvalue weighted by molar-refractivity contribution is 5.93. The molecule has 1 N–H and O–H groups in total. The molecule has 2 aromatic rings. The zero-order valence-corrected chi connectivity index (χ0v) is 15.4. The maximum absolute atomic E-state index is 12.7. The van der Waals surface area contributed by atoms with Crippen LogP contribution in [0.3, 0.4) is 0 Å². The van der Waals surface area contributed by atoms with E-state index in [1.807, 2.05) is 6.07 Å². The summed E-state index contributed by atoms with van der Waals surface area (Å²) in [4.78, 5) is 35.5. The van der Waals surface area contributed by atoms with Crippen LogP contribution >= 0.6 is 0 Å². The van der Waals surface area contributed by atoms with E-state index in [9.17, 15) is 9.59 Å². The van der Waals surface area contributed by atoms with Gasteiger partial charge in [0.15, 0.2) is 0 Å². The Morgan fingerprint density at radius 1 is 1.35 bits per heavy atom. The Bertz CT molecular complexity index is 803. The predicted molar refractivity (Wildman–Crippen MR) is 101 cm³/mol. The normalized spacial score (nSPS) is 17.8. The highest BCUT2D eigenvalue weighted by Gasteiger charge is 2.27. The largest absolute Gasteiger partial charge is 0.337 e. The fraction of sp³-hybridized carbons (Fsp3) is 0.450. The van der Waals surface area contributed by atoms with Crippen LogP contribution in [0.5, 0.6) is 0 Å². The number of hydrogen-bond donors (Lipinski definition) is 1. The molecule has 1 aliphatic rings. The van der Waals surface area contributed by atoms with E-state index < -0.39 is 0 Å². The molecule has 6 heteroatoms. The van der Waals surface area contributed by atoms with Gasteiger partial charge in [0.05, 0.1) is 0 Å². The van der Waals surface area contributed by atoms with Gasteiger partial charge >= 0.3 is 0 Å². The molecule has 1 aromatic carbocycles. The first kappa shape index (κ1) is 18.3. The Kier molecular flexibility index (Phi) is 5.83. The number of amides is 1. The fourth-order valence-electron chi connectivity index (χ4n) is 3.47. The number of carbonyl (C=O) groups is 1. The van der Waals surface area contributed by atoms with Gasteiger partial charge in [-0.1, -0.05) is 30.3 Å². The monoisotopic (exact) mass is 354 g/mol. The SMILES string of the molecule is Cc1ncc(C(=O)N(C)[C@@H]2CCCN(CCc3ccccc3)C2)c(=O)[nH]1. The summed E-state index contributed by atoms with van der Waals surface area (Å²) in [5.74, 6) is 0.257. The van der Waals surface area contributed by atoms with E-state index >= 15 is 0 Å². The lowest BCUT2D eigenvalue weighted by Gasteiger charge is -2.37. The Hall–Kier alpha value is -2.47. The zero-order valence-electron chi connectivity index (χ0n) is 15.4. The van der Waals surface area contributed by atoms with Crippen LogP contribution in [0.1, 0.15) is 34.6 Å². The Morgan fingerprint density at radius 2 is 2.12 bits per heavy atom. The fourth-order valence-corrected chi connectivity index (χ4v) is 3.47. The van der Waals surface area contributed by atoms with Gasteiger partial charge in [-0.2, -0.15) is 0 Å². The predicted octanol–water partition coefficient (Wildman–Crippen LogP) is 1.86. The summed E-state index contributed by atoms with van der Waals surface area (Å²) in [6.45, 7) is 4.57. The first-order valence-corrected chi connectivity index (χ1v) is 9.14. The number of aromatic amines is 1. The summed E-state index contributed by atoms with van der Waals surface area (Å²) < 4.78 is 0. The number of likely N-dealkylation sites (tertiary alicyclic amines) is 1. The van der Waals surface area contributed by atoms with Crippen LogP contribution in [-0.4, -0.2) is 58.4 Å². The smallest absolute Gasteiger partial charge is 0.263 e. The van der Waals surface area contributed by atoms with Crippen molar-refractivity contribution in [3.63, 3.8) is 0 Å². The first-order valence-electron chi connectivity index (χ1n) is 9.14. The van der Waals surface area contributed by atoms with E-state index in [2.05, 4.69) is 39.1 Å². The van der Waals surface area contributed by atoms with Crippen molar-refractivity contribution in [2.24, 2.45) is 0 Å². The van der Waals surface area contributed by atoms with Gasteiger partial charge in [0.2, 0.25) is 0 Å². The molecule has 1 amide bonds. The maximum atomic E-state index is 12.7. The van der Waals surface area contributed by atoms with Gasteiger partial charge in [0.1, 0.15) is 11.4 Å². The number of hydrogen-bond acceptors (Lipinski definition) is 4. The molecule has 6 nitrogen and oxygen atoms in total. The number of carbonyl (C=O) groups excluding carboxylic acids is 1. The Balaban J connectivity index is 1.61. The summed E-state index contributed by atoms with van der Waals surface area (Å²) in [5.41, 5.74) is 1.07. The van der Waals surface area contributed by atoms with Crippen molar-refractivity contribution in [3.05, 3.63) is 63.8 Å². The number of aromatic nitrogens is 2. The van der Waals surface area contributed by atoms with E-state index in [1.54, 1.807) is 18.9 Å². The van der Waals surface area contributed by atoms with Crippen molar-refractivity contribution in [2.45, 2.75) is 32.2 Å². The molecule has 1 aliphatic heterocycles. The molecule has 0 saturated carbocycles. The van der Waals surface area contributed by atoms with Gasteiger partial charge in [0, 0.05) is 32.4 Å². The van der Waals surface area contributed by atoms with Crippen LogP contribution in [0, 0.1) is 6.92 Å². The Labute approximate surface area is 153 Å². The second kappa shape index (κ2) is 8.27. The van der Waals surface area contributed by atoms with Crippen LogP contribution in [0.15, 0.2) is 41.3 Å². The first-order chi connectivity index (χ1) is 12.5. The van der Waals surface area contributed by atoms with Gasteiger partial charge in [-0.15, -0.1) is 0 Å². The summed E-state index contributed by atoms with van der Waals surface area (Å²) >= 11 is 0. The van der Waals surface area contributed by atoms with Crippen molar-refractivity contribution in [3.8, 4) is 0 Å². The molecule has 3 rings (SSSR count). The number of benzene rings is 1. The van der Waals surface area contributed by atoms with E-state index in [-0.39, 0.29) is 23.1 Å². The number of nitrogens with one attached hydrogen (secondary N) is 1. The molecule has 1 saturated heterocycles. The van der Waals surface area contributed by atoms with Gasteiger partial charge in [0.25, 0.3) is 11.5 Å². The number of piperidine rings is 1. The quantitative estimate of drug-likeness (QED) is 0.890. The van der Waals surface area contributed by atoms with Crippen LogP contribution in [0.25, 0.3) is 0 Å². The molecule has 0 unspecified atom stereocenters. The summed E-state index contributed by atoms with van der Waals surface area (Å²) in [6.07, 6.45) is 4.40. The topological polar surface area (TPSA) is 69.3 Å². The van der Waals surface area contributed by atoms with E-state index in [0.29, 0.717) is 5.82 Å². The van der Waals surface area contributed by atoms with Crippen molar-refractivity contribution in [1.82, 2.24) is 19.8 Å². The number of rotatable bonds is 5. The molecular weight excluding hydrogens is 328 g/mol. The molecule has 0 bridgehead atoms. The lowest BCUT2D eigenvalue weighted by molar-refractivity contribution is 0.0617. The van der Waals surface area contributed by atoms with Crippen LogP contribution in [0.2, 0.25) is 0 Å². The summed E-state index contributed by atoms with van der Waals surface area (Å²) in [7, 11) is 1.78. The maximum Gasteiger partial charge on any atom is 0.263 e. The van der Waals surface area contributed by atoms with Crippen molar-refractivity contribution in [1.29, 1.82) is 0 Å². The molecule has 1 fully saturated rings. The number of H-pyrrole nitrogens is 1. The highest BCUT2D eigenvalue weighted by atomic mass is 16.2. The van der Waals surface area contributed by atoms with Gasteiger partial charge < -0.3 is 14.8 Å². The highest BCUT2D eigenvalue weighted by Crippen LogP contribution is 2.17. The third kappa shape index (κ3) is 4.38.